The molecular formula is C9H18O. The van der Waals surface area contributed by atoms with E-state index in [1.807, 2.05) is 7.11 Å². The van der Waals surface area contributed by atoms with Gasteiger partial charge >= 0.3 is 0 Å². The summed E-state index contributed by atoms with van der Waals surface area (Å²) >= 11 is 0. The molecule has 0 spiro atoms. The second kappa shape index (κ2) is 2.91. The summed E-state index contributed by atoms with van der Waals surface area (Å²) in [4.78, 5) is 0. The van der Waals surface area contributed by atoms with Gasteiger partial charge in [0.25, 0.3) is 0 Å². The van der Waals surface area contributed by atoms with Crippen LogP contribution in [0.5, 0.6) is 0 Å². The second-order valence-electron chi connectivity index (χ2n) is 3.86. The third-order valence-corrected chi connectivity index (χ3v) is 2.68. The second-order valence-corrected chi connectivity index (χ2v) is 3.86. The van der Waals surface area contributed by atoms with E-state index in [2.05, 4.69) is 13.8 Å². The highest BCUT2D eigenvalue weighted by Gasteiger charge is 2.29. The van der Waals surface area contributed by atoms with Crippen molar-refractivity contribution in [2.75, 3.05) is 7.11 Å². The van der Waals surface area contributed by atoms with Crippen LogP contribution in [0.4, 0.5) is 0 Å². The first-order valence-corrected chi connectivity index (χ1v) is 4.21. The highest BCUT2D eigenvalue weighted by molar-refractivity contribution is 4.81. The van der Waals surface area contributed by atoms with Gasteiger partial charge < -0.3 is 4.74 Å². The number of methoxy groups -OCH3 is 1. The fraction of sp³-hybridized carbons (Fsp3) is 1.00. The van der Waals surface area contributed by atoms with Crippen molar-refractivity contribution >= 4 is 0 Å². The standard InChI is InChI=1S/C9H18O/c1-8-5-4-6-9(2,7-8)10-3/h8H,4-7H2,1-3H3/t8-,9+/m0/s1. The van der Waals surface area contributed by atoms with Gasteiger partial charge in [0.15, 0.2) is 0 Å². The van der Waals surface area contributed by atoms with Gasteiger partial charge in [0.2, 0.25) is 0 Å². The lowest BCUT2D eigenvalue weighted by Crippen LogP contribution is -2.33. The highest BCUT2D eigenvalue weighted by atomic mass is 16.5. The molecule has 0 aromatic rings. The van der Waals surface area contributed by atoms with Gasteiger partial charge in [0.05, 0.1) is 5.60 Å². The molecule has 1 rings (SSSR count). The molecule has 1 heteroatoms. The summed E-state index contributed by atoms with van der Waals surface area (Å²) in [6.45, 7) is 4.54. The first-order valence-electron chi connectivity index (χ1n) is 4.21. The maximum Gasteiger partial charge on any atom is 0.0653 e. The molecule has 60 valence electrons. The van der Waals surface area contributed by atoms with Crippen LogP contribution in [0.15, 0.2) is 0 Å². The summed E-state index contributed by atoms with van der Waals surface area (Å²) in [5.74, 6) is 0.860. The predicted molar refractivity (Wildman–Crippen MR) is 43.0 cm³/mol. The topological polar surface area (TPSA) is 9.23 Å². The number of rotatable bonds is 1. The summed E-state index contributed by atoms with van der Waals surface area (Å²) < 4.78 is 5.45. The Morgan fingerprint density at radius 3 is 2.60 bits per heavy atom. The quantitative estimate of drug-likeness (QED) is 0.547. The van der Waals surface area contributed by atoms with E-state index in [1.165, 1.54) is 25.7 Å². The predicted octanol–water partition coefficient (Wildman–Crippen LogP) is 2.60. The van der Waals surface area contributed by atoms with Crippen LogP contribution in [0.25, 0.3) is 0 Å². The number of hydrogen-bond acceptors (Lipinski definition) is 1. The van der Waals surface area contributed by atoms with Gasteiger partial charge in [-0.3, -0.25) is 0 Å². The smallest absolute Gasteiger partial charge is 0.0653 e. The Kier molecular flexibility index (Phi) is 2.35. The zero-order valence-electron chi connectivity index (χ0n) is 7.31. The van der Waals surface area contributed by atoms with Crippen LogP contribution < -0.4 is 0 Å². The molecule has 0 heterocycles. The van der Waals surface area contributed by atoms with Gasteiger partial charge in [-0.25, -0.2) is 0 Å². The Morgan fingerprint density at radius 2 is 2.20 bits per heavy atom. The maximum absolute atomic E-state index is 5.45. The molecule has 1 aliphatic rings. The van der Waals surface area contributed by atoms with E-state index in [0.717, 1.165) is 5.92 Å². The largest absolute Gasteiger partial charge is 0.379 e. The molecule has 0 aromatic carbocycles. The Balaban J connectivity index is 2.45. The Bertz CT molecular complexity index is 111. The van der Waals surface area contributed by atoms with Gasteiger partial charge in [-0.05, 0) is 25.7 Å². The van der Waals surface area contributed by atoms with Crippen molar-refractivity contribution in [3.8, 4) is 0 Å². The normalized spacial score (nSPS) is 41.7. The third-order valence-electron chi connectivity index (χ3n) is 2.68. The SMILES string of the molecule is CO[C@]1(C)CCC[C@H](C)C1. The molecule has 0 radical (unpaired) electrons. The van der Waals surface area contributed by atoms with Crippen molar-refractivity contribution in [1.82, 2.24) is 0 Å². The summed E-state index contributed by atoms with van der Waals surface area (Å²) in [5.41, 5.74) is 0.192. The minimum absolute atomic E-state index is 0.192. The molecular weight excluding hydrogens is 124 g/mol. The lowest BCUT2D eigenvalue weighted by atomic mass is 9.80. The van der Waals surface area contributed by atoms with Gasteiger partial charge in [-0.2, -0.15) is 0 Å². The Labute approximate surface area is 63.8 Å². The van der Waals surface area contributed by atoms with E-state index in [-0.39, 0.29) is 5.60 Å². The molecule has 0 amide bonds. The van der Waals surface area contributed by atoms with E-state index in [9.17, 15) is 0 Å². The molecule has 0 bridgehead atoms. The van der Waals surface area contributed by atoms with Crippen molar-refractivity contribution in [2.45, 2.75) is 45.1 Å². The zero-order valence-corrected chi connectivity index (χ0v) is 7.31. The van der Waals surface area contributed by atoms with Gasteiger partial charge in [0.1, 0.15) is 0 Å². The molecule has 1 aliphatic carbocycles. The summed E-state index contributed by atoms with van der Waals surface area (Å²) in [6.07, 6.45) is 5.21. The molecule has 10 heavy (non-hydrogen) atoms. The van der Waals surface area contributed by atoms with E-state index >= 15 is 0 Å². The minimum Gasteiger partial charge on any atom is -0.379 e. The molecule has 0 aliphatic heterocycles. The third kappa shape index (κ3) is 1.72. The van der Waals surface area contributed by atoms with Crippen molar-refractivity contribution in [1.29, 1.82) is 0 Å². The van der Waals surface area contributed by atoms with E-state index in [1.54, 1.807) is 0 Å². The molecule has 2 atom stereocenters. The molecule has 1 fully saturated rings. The monoisotopic (exact) mass is 142 g/mol. The minimum atomic E-state index is 0.192. The van der Waals surface area contributed by atoms with Crippen molar-refractivity contribution in [3.63, 3.8) is 0 Å². The van der Waals surface area contributed by atoms with Gasteiger partial charge in [-0.15, -0.1) is 0 Å². The van der Waals surface area contributed by atoms with Gasteiger partial charge in [-0.1, -0.05) is 19.8 Å². The average Bonchev–Trinajstić information content (AvgIpc) is 1.88. The summed E-state index contributed by atoms with van der Waals surface area (Å²) in [5, 5.41) is 0. The lowest BCUT2D eigenvalue weighted by Gasteiger charge is -2.35. The van der Waals surface area contributed by atoms with E-state index in [0.29, 0.717) is 0 Å². The van der Waals surface area contributed by atoms with Crippen LogP contribution in [0, 0.1) is 5.92 Å². The number of ether oxygens (including phenoxy) is 1. The molecule has 1 nitrogen and oxygen atoms in total. The number of hydrogen-bond donors (Lipinski definition) is 0. The van der Waals surface area contributed by atoms with Crippen molar-refractivity contribution in [3.05, 3.63) is 0 Å². The first-order chi connectivity index (χ1) is 4.66. The van der Waals surface area contributed by atoms with E-state index < -0.39 is 0 Å². The molecule has 0 unspecified atom stereocenters. The molecule has 1 saturated carbocycles. The molecule has 0 aromatic heterocycles. The Hall–Kier alpha value is -0.0400. The zero-order chi connectivity index (χ0) is 7.61. The molecule has 0 saturated heterocycles. The fourth-order valence-corrected chi connectivity index (χ4v) is 1.95. The summed E-state index contributed by atoms with van der Waals surface area (Å²) in [7, 11) is 1.83. The van der Waals surface area contributed by atoms with Gasteiger partial charge in [0, 0.05) is 7.11 Å². The van der Waals surface area contributed by atoms with Crippen LogP contribution in [-0.4, -0.2) is 12.7 Å². The van der Waals surface area contributed by atoms with Crippen LogP contribution in [-0.2, 0) is 4.74 Å². The Morgan fingerprint density at radius 1 is 1.50 bits per heavy atom. The first kappa shape index (κ1) is 8.06. The average molecular weight is 142 g/mol. The molecule has 0 N–H and O–H groups in total. The van der Waals surface area contributed by atoms with Crippen molar-refractivity contribution in [2.24, 2.45) is 5.92 Å². The summed E-state index contributed by atoms with van der Waals surface area (Å²) in [6, 6.07) is 0. The maximum atomic E-state index is 5.45. The van der Waals surface area contributed by atoms with Crippen LogP contribution >= 0.6 is 0 Å². The van der Waals surface area contributed by atoms with Crippen molar-refractivity contribution < 1.29 is 4.74 Å². The highest BCUT2D eigenvalue weighted by Crippen LogP contribution is 2.33. The fourth-order valence-electron chi connectivity index (χ4n) is 1.95. The lowest BCUT2D eigenvalue weighted by molar-refractivity contribution is -0.0369. The van der Waals surface area contributed by atoms with Crippen LogP contribution in [0.3, 0.4) is 0 Å². The van der Waals surface area contributed by atoms with Crippen LogP contribution in [0.1, 0.15) is 39.5 Å². The van der Waals surface area contributed by atoms with E-state index in [4.69, 9.17) is 4.74 Å². The van der Waals surface area contributed by atoms with Crippen LogP contribution in [0.2, 0.25) is 0 Å².